The van der Waals surface area contributed by atoms with Crippen molar-refractivity contribution in [2.45, 2.75) is 83.2 Å². The third-order valence-corrected chi connectivity index (χ3v) is 8.68. The number of esters is 1. The Balaban J connectivity index is 1.65. The summed E-state index contributed by atoms with van der Waals surface area (Å²) in [5, 5.41) is 11.1. The zero-order valence-electron chi connectivity index (χ0n) is 23.3. The number of epoxide rings is 1. The molecule has 1 aromatic carbocycles. The number of carbonyl (C=O) groups is 2. The van der Waals surface area contributed by atoms with Gasteiger partial charge in [-0.05, 0) is 64.2 Å². The van der Waals surface area contributed by atoms with Crippen LogP contribution in [0.25, 0.3) is 11.0 Å². The van der Waals surface area contributed by atoms with Gasteiger partial charge in [-0.25, -0.2) is 4.98 Å². The second-order valence-corrected chi connectivity index (χ2v) is 11.4. The summed E-state index contributed by atoms with van der Waals surface area (Å²) < 4.78 is 14.1. The number of aromatic nitrogens is 2. The van der Waals surface area contributed by atoms with Crippen molar-refractivity contribution in [2.24, 2.45) is 24.3 Å². The first kappa shape index (κ1) is 28.6. The minimum atomic E-state index is -1.34. The van der Waals surface area contributed by atoms with Gasteiger partial charge in [-0.3, -0.25) is 9.59 Å². The molecule has 3 heterocycles. The molecule has 0 unspecified atom stereocenters. The Labute approximate surface area is 231 Å². The molecule has 0 bridgehead atoms. The van der Waals surface area contributed by atoms with Crippen LogP contribution in [0.2, 0.25) is 0 Å². The Bertz CT molecular complexity index is 1360. The number of imidazole rings is 1. The first-order valence-electron chi connectivity index (χ1n) is 13.6. The number of hydrogen-bond acceptors (Lipinski definition) is 6. The average molecular weight is 531 g/mol. The molecule has 1 aromatic heterocycles. The number of carbonyl (C=O) groups excluding carboxylic acids is 2. The van der Waals surface area contributed by atoms with Gasteiger partial charge in [-0.2, -0.15) is 0 Å². The van der Waals surface area contributed by atoms with Crippen molar-refractivity contribution in [1.82, 2.24) is 9.55 Å². The summed E-state index contributed by atoms with van der Waals surface area (Å²) in [5.41, 5.74) is 0.959. The molecule has 7 heteroatoms. The maximum atomic E-state index is 13.5. The number of aryl methyl sites for hydroxylation is 2. The Morgan fingerprint density at radius 3 is 2.67 bits per heavy atom. The number of terminal acetylenes is 2. The lowest BCUT2D eigenvalue weighted by Crippen LogP contribution is -2.41. The number of hydrogen-bond donors (Lipinski definition) is 1. The van der Waals surface area contributed by atoms with Gasteiger partial charge in [0.1, 0.15) is 17.8 Å². The van der Waals surface area contributed by atoms with E-state index in [1.807, 2.05) is 36.7 Å². The third-order valence-electron chi connectivity index (χ3n) is 8.68. The Hall–Kier alpha value is -3.39. The van der Waals surface area contributed by atoms with E-state index in [2.05, 4.69) is 30.3 Å². The Morgan fingerprint density at radius 2 is 2.00 bits per heavy atom. The molecule has 7 atom stereocenters. The highest BCUT2D eigenvalue weighted by Crippen LogP contribution is 2.46. The zero-order chi connectivity index (χ0) is 28.5. The molecule has 206 valence electrons. The van der Waals surface area contributed by atoms with Gasteiger partial charge < -0.3 is 19.1 Å². The van der Waals surface area contributed by atoms with Crippen LogP contribution in [0.15, 0.2) is 30.9 Å². The molecule has 0 aliphatic carbocycles. The molecule has 2 aromatic rings. The molecule has 0 radical (unpaired) electrons. The number of Topliss-reactive ketones (excluding diaryl/α,β-unsaturated/α-hetero) is 1. The average Bonchev–Trinajstić information content (AvgIpc) is 3.46. The molecule has 2 fully saturated rings. The fourth-order valence-electron chi connectivity index (χ4n) is 5.67. The second kappa shape index (κ2) is 11.0. The Kier molecular flexibility index (Phi) is 8.07. The van der Waals surface area contributed by atoms with Gasteiger partial charge in [0.25, 0.3) is 0 Å². The minimum Gasteiger partial charge on any atom is -0.457 e. The van der Waals surface area contributed by atoms with Gasteiger partial charge >= 0.3 is 5.97 Å². The minimum absolute atomic E-state index is 0.0493. The summed E-state index contributed by atoms with van der Waals surface area (Å²) in [4.78, 5) is 31.3. The van der Waals surface area contributed by atoms with Crippen molar-refractivity contribution in [3.63, 3.8) is 0 Å². The number of aliphatic hydroxyl groups is 1. The van der Waals surface area contributed by atoms with Crippen LogP contribution in [-0.4, -0.2) is 44.2 Å². The van der Waals surface area contributed by atoms with Crippen LogP contribution in [-0.2, 0) is 26.1 Å². The van der Waals surface area contributed by atoms with Crippen molar-refractivity contribution in [3.8, 4) is 24.7 Å². The van der Waals surface area contributed by atoms with E-state index in [1.54, 1.807) is 13.0 Å². The van der Waals surface area contributed by atoms with Crippen LogP contribution in [0, 0.1) is 48.9 Å². The molecule has 2 aliphatic heterocycles. The fourth-order valence-corrected chi connectivity index (χ4v) is 5.67. The largest absolute Gasteiger partial charge is 0.457 e. The number of fused-ring (bicyclic) bond motifs is 2. The number of rotatable bonds is 2. The third kappa shape index (κ3) is 5.66. The summed E-state index contributed by atoms with van der Waals surface area (Å²) in [6.07, 6.45) is 14.0. The van der Waals surface area contributed by atoms with E-state index in [0.717, 1.165) is 35.3 Å². The van der Waals surface area contributed by atoms with Crippen molar-refractivity contribution >= 4 is 22.8 Å². The van der Waals surface area contributed by atoms with E-state index in [4.69, 9.17) is 22.3 Å². The van der Waals surface area contributed by atoms with Crippen LogP contribution >= 0.6 is 0 Å². The fraction of sp³-hybridized carbons (Fsp3) is 0.531. The first-order chi connectivity index (χ1) is 18.5. The van der Waals surface area contributed by atoms with E-state index >= 15 is 0 Å². The molecule has 0 amide bonds. The highest BCUT2D eigenvalue weighted by molar-refractivity contribution is 5.92. The normalized spacial score (nSPS) is 34.4. The van der Waals surface area contributed by atoms with Gasteiger partial charge in [0.05, 0.1) is 34.3 Å². The standard InChI is InChI=1S/C32H38N2O5/c1-8-21-12-11-16-32(6)27(39-32)19-26(22-13-14-25-24(18-22)33-20(4)34(25)7)38-28(35)15-17-31(5,10-3)30(37)23(9-2)29(21)36/h2-3,8,13-14,18,21,23,26-27,29,36H,1,11-12,15-17,19H2,4-7H3/t21-,23+,26-,27-,29-,31+,32+/m0/s1. The summed E-state index contributed by atoms with van der Waals surface area (Å²) in [5.74, 6) is 3.48. The SMILES string of the molecule is C#C[C@H]1C(=O)[C@](C)(C#C)CCC(=O)O[C@H](c2ccc3c(c2)nc(C)n3C)C[C@@H]2O[C@]2(C)CCC[C@H](C=C)[C@@H]1O. The number of ketones is 1. The van der Waals surface area contributed by atoms with Crippen LogP contribution in [0.4, 0.5) is 0 Å². The van der Waals surface area contributed by atoms with E-state index < -0.39 is 35.3 Å². The van der Waals surface area contributed by atoms with E-state index in [9.17, 15) is 14.7 Å². The zero-order valence-corrected chi connectivity index (χ0v) is 23.3. The lowest BCUT2D eigenvalue weighted by molar-refractivity contribution is -0.150. The van der Waals surface area contributed by atoms with Gasteiger partial charge in [0.2, 0.25) is 0 Å². The van der Waals surface area contributed by atoms with Gasteiger partial charge in [-0.1, -0.05) is 24.0 Å². The maximum absolute atomic E-state index is 13.5. The molecular weight excluding hydrogens is 492 g/mol. The Morgan fingerprint density at radius 1 is 1.26 bits per heavy atom. The topological polar surface area (TPSA) is 94.0 Å². The van der Waals surface area contributed by atoms with E-state index in [1.165, 1.54) is 0 Å². The quantitative estimate of drug-likeness (QED) is 0.264. The molecule has 2 saturated heterocycles. The van der Waals surface area contributed by atoms with Gasteiger partial charge in [0.15, 0.2) is 5.78 Å². The molecule has 7 nitrogen and oxygen atoms in total. The highest BCUT2D eigenvalue weighted by atomic mass is 16.6. The van der Waals surface area contributed by atoms with Crippen molar-refractivity contribution in [1.29, 1.82) is 0 Å². The molecule has 4 rings (SSSR count). The number of cyclic esters (lactones) is 1. The lowest BCUT2D eigenvalue weighted by atomic mass is 9.73. The van der Waals surface area contributed by atoms with Crippen LogP contribution in [0.1, 0.15) is 69.9 Å². The molecule has 0 spiro atoms. The molecule has 0 saturated carbocycles. The smallest absolute Gasteiger partial charge is 0.306 e. The van der Waals surface area contributed by atoms with Crippen LogP contribution < -0.4 is 0 Å². The number of aliphatic hydroxyl groups excluding tert-OH is 1. The van der Waals surface area contributed by atoms with Crippen LogP contribution in [0.5, 0.6) is 0 Å². The molecule has 1 N–H and O–H groups in total. The summed E-state index contributed by atoms with van der Waals surface area (Å²) >= 11 is 0. The number of ether oxygens (including phenoxy) is 2. The first-order valence-corrected chi connectivity index (χ1v) is 13.6. The molecule has 39 heavy (non-hydrogen) atoms. The van der Waals surface area contributed by atoms with E-state index in [-0.39, 0.29) is 30.5 Å². The van der Waals surface area contributed by atoms with Crippen molar-refractivity contribution in [3.05, 3.63) is 42.2 Å². The summed E-state index contributed by atoms with van der Waals surface area (Å²) in [7, 11) is 1.96. The maximum Gasteiger partial charge on any atom is 0.306 e. The van der Waals surface area contributed by atoms with Crippen LogP contribution in [0.3, 0.4) is 0 Å². The summed E-state index contributed by atoms with van der Waals surface area (Å²) in [6.45, 7) is 9.45. The second-order valence-electron chi connectivity index (χ2n) is 11.4. The predicted octanol–water partition coefficient (Wildman–Crippen LogP) is 4.60. The highest BCUT2D eigenvalue weighted by Gasteiger charge is 2.53. The molecular formula is C32H38N2O5. The van der Waals surface area contributed by atoms with Crippen molar-refractivity contribution in [2.75, 3.05) is 0 Å². The van der Waals surface area contributed by atoms with Gasteiger partial charge in [0, 0.05) is 25.8 Å². The van der Waals surface area contributed by atoms with E-state index in [0.29, 0.717) is 12.8 Å². The molecule has 2 aliphatic rings. The number of nitrogens with zero attached hydrogens (tertiary/aromatic N) is 2. The van der Waals surface area contributed by atoms with Crippen molar-refractivity contribution < 1.29 is 24.2 Å². The summed E-state index contributed by atoms with van der Waals surface area (Å²) in [6, 6.07) is 5.91. The monoisotopic (exact) mass is 530 g/mol. The number of benzene rings is 1. The van der Waals surface area contributed by atoms with Gasteiger partial charge in [-0.15, -0.1) is 19.4 Å². The lowest BCUT2D eigenvalue weighted by Gasteiger charge is -2.30. The predicted molar refractivity (Wildman–Crippen MR) is 149 cm³/mol.